The Bertz CT molecular complexity index is 692. The molecule has 0 fully saturated rings. The third-order valence-electron chi connectivity index (χ3n) is 2.72. The summed E-state index contributed by atoms with van der Waals surface area (Å²) >= 11 is 0. The van der Waals surface area contributed by atoms with Crippen LogP contribution in [0.15, 0.2) is 54.6 Å². The smallest absolute Gasteiger partial charge is 0.276 e. The Labute approximate surface area is 115 Å². The van der Waals surface area contributed by atoms with Crippen LogP contribution < -0.4 is 0 Å². The Morgan fingerprint density at radius 3 is 2.45 bits per heavy atom. The molecule has 0 bridgehead atoms. The van der Waals surface area contributed by atoms with Gasteiger partial charge in [-0.05, 0) is 30.4 Å². The second kappa shape index (κ2) is 5.79. The molecule has 0 radical (unpaired) electrons. The topological polar surface area (TPSA) is 80.4 Å². The van der Waals surface area contributed by atoms with E-state index in [4.69, 9.17) is 0 Å². The number of phenols is 1. The Kier molecular flexibility index (Phi) is 3.91. The summed E-state index contributed by atoms with van der Waals surface area (Å²) < 4.78 is 0. The van der Waals surface area contributed by atoms with Crippen LogP contribution in [0, 0.1) is 10.1 Å². The van der Waals surface area contributed by atoms with E-state index in [-0.39, 0.29) is 17.0 Å². The summed E-state index contributed by atoms with van der Waals surface area (Å²) in [5.41, 5.74) is 0.414. The molecule has 0 heterocycles. The van der Waals surface area contributed by atoms with E-state index in [0.29, 0.717) is 5.56 Å². The van der Waals surface area contributed by atoms with Crippen molar-refractivity contribution in [1.82, 2.24) is 0 Å². The highest BCUT2D eigenvalue weighted by Gasteiger charge is 2.11. The normalized spacial score (nSPS) is 10.6. The van der Waals surface area contributed by atoms with Gasteiger partial charge in [0.2, 0.25) is 0 Å². The largest absolute Gasteiger partial charge is 0.507 e. The minimum atomic E-state index is -0.510. The average Bonchev–Trinajstić information content (AvgIpc) is 2.45. The average molecular weight is 269 g/mol. The highest BCUT2D eigenvalue weighted by atomic mass is 16.6. The van der Waals surface area contributed by atoms with Crippen molar-refractivity contribution in [2.24, 2.45) is 0 Å². The van der Waals surface area contributed by atoms with E-state index < -0.39 is 10.7 Å². The molecule has 2 rings (SSSR count). The highest BCUT2D eigenvalue weighted by Crippen LogP contribution is 2.21. The molecule has 20 heavy (non-hydrogen) atoms. The summed E-state index contributed by atoms with van der Waals surface area (Å²) in [6.45, 7) is 0. The van der Waals surface area contributed by atoms with Gasteiger partial charge in [0, 0.05) is 6.07 Å². The van der Waals surface area contributed by atoms with Crippen molar-refractivity contribution in [3.63, 3.8) is 0 Å². The van der Waals surface area contributed by atoms with Gasteiger partial charge in [0.15, 0.2) is 5.78 Å². The molecular formula is C15H11NO4. The summed E-state index contributed by atoms with van der Waals surface area (Å²) in [5.74, 6) is -0.536. The molecule has 0 aliphatic heterocycles. The van der Waals surface area contributed by atoms with Gasteiger partial charge in [-0.1, -0.05) is 24.3 Å². The molecule has 5 heteroatoms. The van der Waals surface area contributed by atoms with Gasteiger partial charge < -0.3 is 5.11 Å². The number of hydrogen-bond donors (Lipinski definition) is 1. The van der Waals surface area contributed by atoms with Crippen LogP contribution in [-0.4, -0.2) is 15.8 Å². The molecule has 0 saturated carbocycles. The molecule has 0 aliphatic carbocycles. The van der Waals surface area contributed by atoms with Crippen LogP contribution in [0.4, 0.5) is 5.69 Å². The summed E-state index contributed by atoms with van der Waals surface area (Å²) in [4.78, 5) is 22.2. The van der Waals surface area contributed by atoms with Crippen molar-refractivity contribution >= 4 is 17.5 Å². The van der Waals surface area contributed by atoms with Gasteiger partial charge in [0.1, 0.15) is 5.75 Å². The van der Waals surface area contributed by atoms with E-state index in [0.717, 1.165) is 0 Å². The van der Waals surface area contributed by atoms with Crippen LogP contribution in [0.25, 0.3) is 6.08 Å². The number of aromatic hydroxyl groups is 1. The number of carbonyl (C=O) groups is 1. The standard InChI is InChI=1S/C15H11NO4/c17-14-8-4-2-6-12(14)15(18)10-9-11-5-1-3-7-13(11)16(19)20/h1-10,17H/b10-9-. The fourth-order valence-corrected chi connectivity index (χ4v) is 1.73. The molecule has 1 N–H and O–H groups in total. The van der Waals surface area contributed by atoms with Gasteiger partial charge >= 0.3 is 0 Å². The van der Waals surface area contributed by atoms with Crippen molar-refractivity contribution in [3.05, 3.63) is 75.8 Å². The van der Waals surface area contributed by atoms with Crippen LogP contribution >= 0.6 is 0 Å². The van der Waals surface area contributed by atoms with Crippen LogP contribution in [0.2, 0.25) is 0 Å². The number of allylic oxidation sites excluding steroid dienone is 1. The number of nitrogens with zero attached hydrogens (tertiary/aromatic N) is 1. The first-order valence-electron chi connectivity index (χ1n) is 5.83. The number of rotatable bonds is 4. The Balaban J connectivity index is 2.29. The number of hydrogen-bond acceptors (Lipinski definition) is 4. The van der Waals surface area contributed by atoms with Crippen LogP contribution in [-0.2, 0) is 0 Å². The maximum atomic E-state index is 11.9. The third kappa shape index (κ3) is 2.89. The number of benzene rings is 2. The monoisotopic (exact) mass is 269 g/mol. The summed E-state index contributed by atoms with van der Waals surface area (Å²) in [5, 5.41) is 20.4. The van der Waals surface area contributed by atoms with Gasteiger partial charge in [0.05, 0.1) is 16.1 Å². The van der Waals surface area contributed by atoms with Crippen LogP contribution in [0.3, 0.4) is 0 Å². The van der Waals surface area contributed by atoms with Crippen molar-refractivity contribution in [2.45, 2.75) is 0 Å². The molecule has 0 spiro atoms. The molecular weight excluding hydrogens is 258 g/mol. The minimum Gasteiger partial charge on any atom is -0.507 e. The number of carbonyl (C=O) groups excluding carboxylic acids is 1. The maximum Gasteiger partial charge on any atom is 0.276 e. The number of nitro benzene ring substituents is 1. The molecule has 0 atom stereocenters. The predicted molar refractivity (Wildman–Crippen MR) is 74.6 cm³/mol. The SMILES string of the molecule is O=C(/C=C\c1ccccc1[N+](=O)[O-])c1ccccc1O. The van der Waals surface area contributed by atoms with Crippen molar-refractivity contribution in [3.8, 4) is 5.75 Å². The molecule has 0 aliphatic rings. The van der Waals surface area contributed by atoms with Gasteiger partial charge in [-0.3, -0.25) is 14.9 Å². The molecule has 0 amide bonds. The van der Waals surface area contributed by atoms with Crippen LogP contribution in [0.1, 0.15) is 15.9 Å². The minimum absolute atomic E-state index is 0.0752. The zero-order valence-electron chi connectivity index (χ0n) is 10.4. The zero-order chi connectivity index (χ0) is 14.5. The van der Waals surface area contributed by atoms with E-state index in [1.165, 1.54) is 30.4 Å². The molecule has 0 unspecified atom stereocenters. The fraction of sp³-hybridized carbons (Fsp3) is 0. The fourth-order valence-electron chi connectivity index (χ4n) is 1.73. The molecule has 2 aromatic rings. The quantitative estimate of drug-likeness (QED) is 0.400. The third-order valence-corrected chi connectivity index (χ3v) is 2.72. The zero-order valence-corrected chi connectivity index (χ0v) is 10.4. The maximum absolute atomic E-state index is 11.9. The summed E-state index contributed by atoms with van der Waals surface area (Å²) in [6, 6.07) is 12.3. The van der Waals surface area contributed by atoms with Gasteiger partial charge in [0.25, 0.3) is 5.69 Å². The first-order valence-corrected chi connectivity index (χ1v) is 5.83. The lowest BCUT2D eigenvalue weighted by atomic mass is 10.1. The number of phenolic OH excluding ortho intramolecular Hbond substituents is 1. The Morgan fingerprint density at radius 2 is 1.75 bits per heavy atom. The van der Waals surface area contributed by atoms with E-state index in [1.54, 1.807) is 30.3 Å². The highest BCUT2D eigenvalue weighted by molar-refractivity contribution is 6.08. The summed E-state index contributed by atoms with van der Waals surface area (Å²) in [6.07, 6.45) is 2.57. The first kappa shape index (κ1) is 13.5. The first-order chi connectivity index (χ1) is 9.59. The molecule has 0 aromatic heterocycles. The Morgan fingerprint density at radius 1 is 1.10 bits per heavy atom. The molecule has 100 valence electrons. The van der Waals surface area contributed by atoms with E-state index in [9.17, 15) is 20.0 Å². The van der Waals surface area contributed by atoms with Gasteiger partial charge in [-0.15, -0.1) is 0 Å². The number of ketones is 1. The second-order valence-corrected chi connectivity index (χ2v) is 4.03. The lowest BCUT2D eigenvalue weighted by Crippen LogP contribution is -1.95. The van der Waals surface area contributed by atoms with Crippen molar-refractivity contribution in [1.29, 1.82) is 0 Å². The van der Waals surface area contributed by atoms with Crippen molar-refractivity contribution in [2.75, 3.05) is 0 Å². The predicted octanol–water partition coefficient (Wildman–Crippen LogP) is 3.20. The lowest BCUT2D eigenvalue weighted by molar-refractivity contribution is -0.385. The summed E-state index contributed by atoms with van der Waals surface area (Å²) in [7, 11) is 0. The Hall–Kier alpha value is -2.95. The van der Waals surface area contributed by atoms with Crippen molar-refractivity contribution < 1.29 is 14.8 Å². The van der Waals surface area contributed by atoms with E-state index in [1.807, 2.05) is 0 Å². The van der Waals surface area contributed by atoms with Gasteiger partial charge in [-0.25, -0.2) is 0 Å². The van der Waals surface area contributed by atoms with E-state index >= 15 is 0 Å². The second-order valence-electron chi connectivity index (χ2n) is 4.03. The lowest BCUT2D eigenvalue weighted by Gasteiger charge is -1.99. The van der Waals surface area contributed by atoms with Crippen LogP contribution in [0.5, 0.6) is 5.75 Å². The molecule has 2 aromatic carbocycles. The number of para-hydroxylation sites is 2. The van der Waals surface area contributed by atoms with E-state index in [2.05, 4.69) is 0 Å². The molecule has 5 nitrogen and oxygen atoms in total. The number of nitro groups is 1. The van der Waals surface area contributed by atoms with Gasteiger partial charge in [-0.2, -0.15) is 0 Å². The molecule has 0 saturated heterocycles.